The molecule has 0 unspecified atom stereocenters. The summed E-state index contributed by atoms with van der Waals surface area (Å²) in [5.74, 6) is -0.00759. The molecule has 0 bridgehead atoms. The molecule has 5 nitrogen and oxygen atoms in total. The lowest BCUT2D eigenvalue weighted by Crippen LogP contribution is -2.26. The Morgan fingerprint density at radius 1 is 1.00 bits per heavy atom. The Bertz CT molecular complexity index is 636. The second-order valence-electron chi connectivity index (χ2n) is 4.27. The highest BCUT2D eigenvalue weighted by atomic mass is 15.1. The van der Waals surface area contributed by atoms with E-state index in [1.807, 2.05) is 31.2 Å². The predicted octanol–water partition coefficient (Wildman–Crippen LogP) is 1.49. The fourth-order valence-corrected chi connectivity index (χ4v) is 2.04. The van der Waals surface area contributed by atoms with Gasteiger partial charge in [0.1, 0.15) is 0 Å². The molecule has 0 amide bonds. The number of rotatable bonds is 2. The normalized spacial score (nSPS) is 13.2. The van der Waals surface area contributed by atoms with Crippen LogP contribution in [0.5, 0.6) is 0 Å². The quantitative estimate of drug-likeness (QED) is 0.559. The summed E-state index contributed by atoms with van der Waals surface area (Å²) in [7, 11) is 0. The summed E-state index contributed by atoms with van der Waals surface area (Å²) in [6.07, 6.45) is 0. The van der Waals surface area contributed by atoms with Crippen molar-refractivity contribution in [2.75, 3.05) is 0 Å². The molecule has 2 aromatic rings. The lowest BCUT2D eigenvalue weighted by Gasteiger charge is -2.11. The maximum absolute atomic E-state index is 5.66. The lowest BCUT2D eigenvalue weighted by molar-refractivity contribution is 0.824. The second kappa shape index (κ2) is 5.39. The van der Waals surface area contributed by atoms with Crippen LogP contribution in [0.1, 0.15) is 18.5 Å². The molecule has 0 aromatic heterocycles. The third-order valence-electron chi connectivity index (χ3n) is 2.84. The van der Waals surface area contributed by atoms with E-state index in [0.717, 1.165) is 10.9 Å². The first kappa shape index (κ1) is 12.9. The number of benzene rings is 2. The van der Waals surface area contributed by atoms with Crippen molar-refractivity contribution in [3.8, 4) is 0 Å². The average molecular weight is 255 g/mol. The van der Waals surface area contributed by atoms with Crippen molar-refractivity contribution in [3.63, 3.8) is 0 Å². The lowest BCUT2D eigenvalue weighted by atomic mass is 10.0. The summed E-state index contributed by atoms with van der Waals surface area (Å²) >= 11 is 0. The van der Waals surface area contributed by atoms with E-state index in [2.05, 4.69) is 28.2 Å². The summed E-state index contributed by atoms with van der Waals surface area (Å²) in [5.41, 5.74) is 17.3. The van der Waals surface area contributed by atoms with Crippen LogP contribution in [0.4, 0.5) is 0 Å². The van der Waals surface area contributed by atoms with Crippen LogP contribution in [0.2, 0.25) is 0 Å². The fraction of sp³-hybridized carbons (Fsp3) is 0.143. The van der Waals surface area contributed by atoms with E-state index in [1.54, 1.807) is 0 Å². The highest BCUT2D eigenvalue weighted by molar-refractivity contribution is 5.93. The Balaban J connectivity index is 2.42. The fourth-order valence-electron chi connectivity index (χ4n) is 2.04. The van der Waals surface area contributed by atoms with E-state index >= 15 is 0 Å². The van der Waals surface area contributed by atoms with Crippen LogP contribution in [0, 0.1) is 0 Å². The van der Waals surface area contributed by atoms with Crippen LogP contribution in [0.3, 0.4) is 0 Å². The molecule has 0 saturated carbocycles. The van der Waals surface area contributed by atoms with Gasteiger partial charge in [-0.25, -0.2) is 4.99 Å². The number of nitrogens with zero attached hydrogens (tertiary/aromatic N) is 2. The number of nitrogens with two attached hydrogens (primary N) is 3. The summed E-state index contributed by atoms with van der Waals surface area (Å²) in [6.45, 7) is 1.96. The van der Waals surface area contributed by atoms with Crippen LogP contribution in [-0.2, 0) is 0 Å². The molecule has 0 aliphatic rings. The Hall–Kier alpha value is -2.56. The molecule has 0 aliphatic heterocycles. The standard InChI is InChI=1S/C14H17N5/c1-9(18-14(17)19-13(15)16)11-8-4-6-10-5-2-3-7-12(10)11/h2-9H,1H3,(H6,15,16,17,18,19)/t9-/m1/s1. The van der Waals surface area contributed by atoms with Gasteiger partial charge >= 0.3 is 0 Å². The largest absolute Gasteiger partial charge is 0.370 e. The summed E-state index contributed by atoms with van der Waals surface area (Å²) in [4.78, 5) is 8.01. The van der Waals surface area contributed by atoms with Gasteiger partial charge in [-0.15, -0.1) is 0 Å². The zero-order valence-corrected chi connectivity index (χ0v) is 10.7. The summed E-state index contributed by atoms with van der Waals surface area (Å²) in [6, 6.07) is 14.1. The van der Waals surface area contributed by atoms with Gasteiger partial charge in [-0.1, -0.05) is 42.5 Å². The number of hydrogen-bond acceptors (Lipinski definition) is 1. The van der Waals surface area contributed by atoms with Crippen molar-refractivity contribution in [1.29, 1.82) is 0 Å². The van der Waals surface area contributed by atoms with Crippen LogP contribution in [-0.4, -0.2) is 11.9 Å². The molecule has 0 radical (unpaired) electrons. The molecular weight excluding hydrogens is 238 g/mol. The molecule has 0 saturated heterocycles. The number of hydrogen-bond donors (Lipinski definition) is 3. The second-order valence-corrected chi connectivity index (χ2v) is 4.27. The van der Waals surface area contributed by atoms with Gasteiger partial charge in [0.05, 0.1) is 6.04 Å². The van der Waals surface area contributed by atoms with Crippen LogP contribution < -0.4 is 17.2 Å². The van der Waals surface area contributed by atoms with Gasteiger partial charge < -0.3 is 17.2 Å². The molecule has 5 heteroatoms. The van der Waals surface area contributed by atoms with Gasteiger partial charge in [0.25, 0.3) is 0 Å². The summed E-state index contributed by atoms with van der Waals surface area (Å²) < 4.78 is 0. The highest BCUT2D eigenvalue weighted by Crippen LogP contribution is 2.26. The molecule has 2 aromatic carbocycles. The number of aliphatic imine (C=N–C) groups is 2. The maximum Gasteiger partial charge on any atom is 0.219 e. The molecule has 0 fully saturated rings. The van der Waals surface area contributed by atoms with Crippen LogP contribution in [0.25, 0.3) is 10.8 Å². The zero-order valence-electron chi connectivity index (χ0n) is 10.7. The van der Waals surface area contributed by atoms with Crippen molar-refractivity contribution < 1.29 is 0 Å². The van der Waals surface area contributed by atoms with E-state index in [-0.39, 0.29) is 18.0 Å². The van der Waals surface area contributed by atoms with Gasteiger partial charge in [0.15, 0.2) is 5.96 Å². The van der Waals surface area contributed by atoms with Gasteiger partial charge in [0.2, 0.25) is 5.96 Å². The van der Waals surface area contributed by atoms with Crippen molar-refractivity contribution in [1.82, 2.24) is 0 Å². The maximum atomic E-state index is 5.66. The summed E-state index contributed by atoms with van der Waals surface area (Å²) in [5, 5.41) is 2.32. The van der Waals surface area contributed by atoms with Gasteiger partial charge in [-0.3, -0.25) is 0 Å². The Morgan fingerprint density at radius 2 is 1.68 bits per heavy atom. The van der Waals surface area contributed by atoms with Gasteiger partial charge in [-0.2, -0.15) is 4.99 Å². The first-order valence-electron chi connectivity index (χ1n) is 5.98. The average Bonchev–Trinajstić information content (AvgIpc) is 2.36. The SMILES string of the molecule is C[C@@H](N=C(N)N=C(N)N)c1cccc2ccccc12. The third-order valence-corrected chi connectivity index (χ3v) is 2.84. The van der Waals surface area contributed by atoms with Crippen LogP contribution >= 0.6 is 0 Å². The van der Waals surface area contributed by atoms with E-state index in [4.69, 9.17) is 17.2 Å². The molecule has 98 valence electrons. The van der Waals surface area contributed by atoms with Crippen molar-refractivity contribution in [3.05, 3.63) is 48.0 Å². The minimum atomic E-state index is -0.116. The van der Waals surface area contributed by atoms with Gasteiger partial charge in [-0.05, 0) is 23.3 Å². The van der Waals surface area contributed by atoms with Crippen molar-refractivity contribution in [2.24, 2.45) is 27.2 Å². The topological polar surface area (TPSA) is 103 Å². The predicted molar refractivity (Wildman–Crippen MR) is 79.8 cm³/mol. The molecule has 0 spiro atoms. The number of fused-ring (bicyclic) bond motifs is 1. The molecule has 1 atom stereocenters. The number of guanidine groups is 2. The Kier molecular flexibility index (Phi) is 3.66. The van der Waals surface area contributed by atoms with Gasteiger partial charge in [0, 0.05) is 0 Å². The zero-order chi connectivity index (χ0) is 13.8. The molecule has 6 N–H and O–H groups in total. The molecule has 0 aliphatic carbocycles. The van der Waals surface area contributed by atoms with Crippen LogP contribution in [0.15, 0.2) is 52.4 Å². The Morgan fingerprint density at radius 3 is 2.42 bits per heavy atom. The Labute approximate surface area is 111 Å². The van der Waals surface area contributed by atoms with E-state index in [9.17, 15) is 0 Å². The molecule has 0 heterocycles. The minimum Gasteiger partial charge on any atom is -0.370 e. The van der Waals surface area contributed by atoms with E-state index in [0.29, 0.717) is 0 Å². The smallest absolute Gasteiger partial charge is 0.219 e. The van der Waals surface area contributed by atoms with Crippen molar-refractivity contribution >= 4 is 22.7 Å². The first-order valence-corrected chi connectivity index (χ1v) is 5.98. The van der Waals surface area contributed by atoms with E-state index < -0.39 is 0 Å². The minimum absolute atomic E-state index is 0.0837. The van der Waals surface area contributed by atoms with Crippen molar-refractivity contribution in [2.45, 2.75) is 13.0 Å². The monoisotopic (exact) mass is 255 g/mol. The van der Waals surface area contributed by atoms with E-state index in [1.165, 1.54) is 5.39 Å². The molecule has 2 rings (SSSR count). The highest BCUT2D eigenvalue weighted by Gasteiger charge is 2.08. The molecule has 19 heavy (non-hydrogen) atoms. The third kappa shape index (κ3) is 3.01. The molecular formula is C14H17N5. The first-order chi connectivity index (χ1) is 9.08.